The number of methoxy groups -OCH3 is 1. The Morgan fingerprint density at radius 1 is 1.33 bits per heavy atom. The fourth-order valence-corrected chi connectivity index (χ4v) is 1.36. The number of hydrogen-bond acceptors (Lipinski definition) is 2. The smallest absolute Gasteiger partial charge is 0.166 e. The van der Waals surface area contributed by atoms with Gasteiger partial charge in [0, 0.05) is 6.07 Å². The Kier molecular flexibility index (Phi) is 3.17. The van der Waals surface area contributed by atoms with Gasteiger partial charge in [0.05, 0.1) is 12.0 Å². The molecule has 0 aliphatic rings. The van der Waals surface area contributed by atoms with Crippen LogP contribution in [0.1, 0.15) is 0 Å². The van der Waals surface area contributed by atoms with E-state index < -0.39 is 11.6 Å². The maximum Gasteiger partial charge on any atom is 0.166 e. The van der Waals surface area contributed by atoms with Gasteiger partial charge in [-0.25, -0.2) is 8.78 Å². The maximum absolute atomic E-state index is 12.9. The Hall–Kier alpha value is -0.480. The van der Waals surface area contributed by atoms with Gasteiger partial charge in [0.15, 0.2) is 11.6 Å². The van der Waals surface area contributed by atoms with Crippen LogP contribution < -0.4 is 4.74 Å². The van der Waals surface area contributed by atoms with Gasteiger partial charge >= 0.3 is 0 Å². The maximum atomic E-state index is 12.9. The van der Waals surface area contributed by atoms with Gasteiger partial charge in [-0.1, -0.05) is 0 Å². The second-order valence-corrected chi connectivity index (χ2v) is 3.05. The van der Waals surface area contributed by atoms with Crippen molar-refractivity contribution in [1.29, 1.82) is 0 Å². The van der Waals surface area contributed by atoms with Gasteiger partial charge in [0.25, 0.3) is 0 Å². The number of benzene rings is 1. The molecule has 0 heterocycles. The Morgan fingerprint density at radius 3 is 2.50 bits per heavy atom. The molecule has 1 aromatic carbocycles. The highest BCUT2D eigenvalue weighted by Gasteiger charge is 2.09. The number of rotatable bonds is 2. The van der Waals surface area contributed by atoms with Crippen LogP contribution >= 0.6 is 21.7 Å². The highest BCUT2D eigenvalue weighted by atomic mass is 35.7. The lowest BCUT2D eigenvalue weighted by molar-refractivity contribution is 0.380. The van der Waals surface area contributed by atoms with E-state index in [2.05, 4.69) is 4.74 Å². The van der Waals surface area contributed by atoms with Crippen molar-refractivity contribution >= 4 is 21.7 Å². The second-order valence-electron chi connectivity index (χ2n) is 1.99. The third-order valence-corrected chi connectivity index (χ3v) is 2.27. The summed E-state index contributed by atoms with van der Waals surface area (Å²) in [6, 6.07) is 1.95. The molecule has 0 unspecified atom stereocenters. The van der Waals surface area contributed by atoms with E-state index in [4.69, 9.17) is 10.7 Å². The first-order chi connectivity index (χ1) is 5.69. The largest absolute Gasteiger partial charge is 0.494 e. The summed E-state index contributed by atoms with van der Waals surface area (Å²) in [4.78, 5) is 0.0509. The van der Waals surface area contributed by atoms with Crippen LogP contribution in [0, 0.1) is 11.6 Å². The molecule has 0 aliphatic carbocycles. The molecule has 1 aromatic rings. The highest BCUT2D eigenvalue weighted by Crippen LogP contribution is 2.30. The van der Waals surface area contributed by atoms with Crippen LogP contribution in [0.2, 0.25) is 0 Å². The number of halogens is 3. The van der Waals surface area contributed by atoms with Crippen LogP contribution in [0.3, 0.4) is 0 Å². The first-order valence-corrected chi connectivity index (χ1v) is 4.65. The first kappa shape index (κ1) is 9.61. The van der Waals surface area contributed by atoms with E-state index in [0.717, 1.165) is 12.1 Å². The molecule has 0 aliphatic heterocycles. The predicted molar refractivity (Wildman–Crippen MR) is 44.6 cm³/mol. The summed E-state index contributed by atoms with van der Waals surface area (Å²) in [5, 5.41) is 0. The molecule has 0 saturated heterocycles. The minimum atomic E-state index is -0.623. The third-order valence-electron chi connectivity index (χ3n) is 1.29. The Labute approximate surface area is 77.2 Å². The Morgan fingerprint density at radius 2 is 2.00 bits per heavy atom. The van der Waals surface area contributed by atoms with E-state index in [9.17, 15) is 8.78 Å². The summed E-state index contributed by atoms with van der Waals surface area (Å²) in [6.45, 7) is 0. The number of hydrogen-bond donors (Lipinski definition) is 0. The molecule has 0 saturated carbocycles. The van der Waals surface area contributed by atoms with Gasteiger partial charge in [-0.05, 0) is 27.7 Å². The van der Waals surface area contributed by atoms with Crippen LogP contribution in [0.5, 0.6) is 5.75 Å². The summed E-state index contributed by atoms with van der Waals surface area (Å²) in [5.41, 5.74) is 0. The molecule has 0 radical (unpaired) electrons. The molecule has 0 spiro atoms. The molecule has 0 aromatic heterocycles. The van der Waals surface area contributed by atoms with E-state index in [0.29, 0.717) is 11.0 Å². The third kappa shape index (κ3) is 1.81. The SMILES string of the molecule is COc1cc(F)c(SCl)cc1F. The van der Waals surface area contributed by atoms with Crippen LogP contribution in [-0.4, -0.2) is 7.11 Å². The van der Waals surface area contributed by atoms with Gasteiger partial charge in [-0.2, -0.15) is 0 Å². The molecule has 1 nitrogen and oxygen atoms in total. The van der Waals surface area contributed by atoms with Crippen molar-refractivity contribution in [2.24, 2.45) is 0 Å². The molecule has 0 amide bonds. The average molecular weight is 211 g/mol. The molecular formula is C7H5ClF2OS. The molecule has 0 fully saturated rings. The molecular weight excluding hydrogens is 206 g/mol. The topological polar surface area (TPSA) is 9.23 Å². The molecule has 0 N–H and O–H groups in total. The Balaban J connectivity index is 3.16. The van der Waals surface area contributed by atoms with Crippen molar-refractivity contribution < 1.29 is 13.5 Å². The van der Waals surface area contributed by atoms with Crippen molar-refractivity contribution in [2.45, 2.75) is 4.90 Å². The standard InChI is InChI=1S/C7H5ClF2OS/c1-11-6-2-5(10)7(12-8)3-4(6)9/h2-3H,1H3. The second kappa shape index (κ2) is 3.96. The van der Waals surface area contributed by atoms with Crippen LogP contribution in [0.25, 0.3) is 0 Å². The van der Waals surface area contributed by atoms with Crippen molar-refractivity contribution in [2.75, 3.05) is 7.11 Å². The average Bonchev–Trinajstić information content (AvgIpc) is 2.08. The fraction of sp³-hybridized carbons (Fsp3) is 0.143. The normalized spacial score (nSPS) is 10.0. The van der Waals surface area contributed by atoms with Gasteiger partial charge in [0.1, 0.15) is 5.82 Å². The minimum absolute atomic E-state index is 0.0509. The van der Waals surface area contributed by atoms with Crippen molar-refractivity contribution in [3.05, 3.63) is 23.8 Å². The van der Waals surface area contributed by atoms with E-state index >= 15 is 0 Å². The first-order valence-electron chi connectivity index (χ1n) is 3.00. The zero-order chi connectivity index (χ0) is 9.14. The monoisotopic (exact) mass is 210 g/mol. The molecule has 0 atom stereocenters. The summed E-state index contributed by atoms with van der Waals surface area (Å²) >= 11 is 0. The van der Waals surface area contributed by atoms with Gasteiger partial charge < -0.3 is 4.74 Å². The van der Waals surface area contributed by atoms with E-state index in [1.165, 1.54) is 7.11 Å². The molecule has 12 heavy (non-hydrogen) atoms. The molecule has 66 valence electrons. The molecule has 0 bridgehead atoms. The lowest BCUT2D eigenvalue weighted by Gasteiger charge is -2.03. The summed E-state index contributed by atoms with van der Waals surface area (Å²) in [7, 11) is 7.17. The lowest BCUT2D eigenvalue weighted by atomic mass is 10.3. The summed E-state index contributed by atoms with van der Waals surface area (Å²) in [6.07, 6.45) is 0. The van der Waals surface area contributed by atoms with E-state index in [1.807, 2.05) is 0 Å². The zero-order valence-electron chi connectivity index (χ0n) is 6.11. The van der Waals surface area contributed by atoms with Crippen LogP contribution in [-0.2, 0) is 0 Å². The quantitative estimate of drug-likeness (QED) is 0.741. The zero-order valence-corrected chi connectivity index (χ0v) is 7.68. The molecule has 1 rings (SSSR count). The van der Waals surface area contributed by atoms with Crippen LogP contribution in [0.15, 0.2) is 17.0 Å². The Bertz CT molecular complexity index is 263. The number of ether oxygens (including phenoxy) is 1. The summed E-state index contributed by atoms with van der Waals surface area (Å²) < 4.78 is 30.3. The molecule has 5 heteroatoms. The van der Waals surface area contributed by atoms with Crippen molar-refractivity contribution in [3.8, 4) is 5.75 Å². The predicted octanol–water partition coefficient (Wildman–Crippen LogP) is 3.22. The highest BCUT2D eigenvalue weighted by molar-refractivity contribution is 8.21. The minimum Gasteiger partial charge on any atom is -0.494 e. The lowest BCUT2D eigenvalue weighted by Crippen LogP contribution is -1.90. The van der Waals surface area contributed by atoms with E-state index in [-0.39, 0.29) is 10.6 Å². The fourth-order valence-electron chi connectivity index (χ4n) is 0.726. The van der Waals surface area contributed by atoms with Gasteiger partial charge in [-0.3, -0.25) is 0 Å². The summed E-state index contributed by atoms with van der Waals surface area (Å²) in [5.74, 6) is -1.34. The van der Waals surface area contributed by atoms with Gasteiger partial charge in [0.2, 0.25) is 0 Å². The van der Waals surface area contributed by atoms with Crippen molar-refractivity contribution in [3.63, 3.8) is 0 Å². The van der Waals surface area contributed by atoms with Gasteiger partial charge in [-0.15, -0.1) is 0 Å². The van der Waals surface area contributed by atoms with E-state index in [1.54, 1.807) is 0 Å². The van der Waals surface area contributed by atoms with Crippen molar-refractivity contribution in [1.82, 2.24) is 0 Å². The van der Waals surface area contributed by atoms with Crippen LogP contribution in [0.4, 0.5) is 8.78 Å².